The van der Waals surface area contributed by atoms with E-state index in [4.69, 9.17) is 0 Å². The first-order chi connectivity index (χ1) is 10.5. The number of carbonyl (C=O) groups is 1. The summed E-state index contributed by atoms with van der Waals surface area (Å²) >= 11 is 0. The fourth-order valence-electron chi connectivity index (χ4n) is 2.54. The van der Waals surface area contributed by atoms with E-state index in [1.54, 1.807) is 0 Å². The van der Waals surface area contributed by atoms with Gasteiger partial charge in [0.2, 0.25) is 5.91 Å². The molecule has 0 aliphatic carbocycles. The van der Waals surface area contributed by atoms with Gasteiger partial charge in [-0.15, -0.1) is 0 Å². The van der Waals surface area contributed by atoms with Crippen molar-refractivity contribution in [2.75, 3.05) is 13.6 Å². The highest BCUT2D eigenvalue weighted by molar-refractivity contribution is 5.82. The van der Waals surface area contributed by atoms with Crippen molar-refractivity contribution >= 4 is 5.91 Å². The zero-order valence-electron chi connectivity index (χ0n) is 13.7. The number of carbonyl (C=O) groups excluding carboxylic acids is 1. The van der Waals surface area contributed by atoms with E-state index in [2.05, 4.69) is 48.6 Å². The molecule has 1 saturated heterocycles. The number of nitrogens with zero attached hydrogens (tertiary/aromatic N) is 1. The van der Waals surface area contributed by atoms with Gasteiger partial charge in [0.1, 0.15) is 0 Å². The van der Waals surface area contributed by atoms with Crippen LogP contribution in [0.4, 0.5) is 0 Å². The summed E-state index contributed by atoms with van der Waals surface area (Å²) in [4.78, 5) is 14.3. The van der Waals surface area contributed by atoms with Crippen molar-refractivity contribution in [1.29, 1.82) is 0 Å². The molecule has 0 spiro atoms. The average Bonchev–Trinajstić information content (AvgIpc) is 2.91. The Hall–Kier alpha value is -1.43. The summed E-state index contributed by atoms with van der Waals surface area (Å²) in [5.74, 6) is -0.0405. The van der Waals surface area contributed by atoms with Gasteiger partial charge in [0, 0.05) is 25.7 Å². The summed E-state index contributed by atoms with van der Waals surface area (Å²) in [6.45, 7) is 6.26. The molecule has 2 rings (SSSR count). The van der Waals surface area contributed by atoms with Gasteiger partial charge >= 0.3 is 0 Å². The van der Waals surface area contributed by atoms with Crippen molar-refractivity contribution in [1.82, 2.24) is 15.5 Å². The van der Waals surface area contributed by atoms with Crippen molar-refractivity contribution in [2.24, 2.45) is 0 Å². The fourth-order valence-corrected chi connectivity index (χ4v) is 2.54. The molecule has 1 amide bonds. The molecule has 22 heavy (non-hydrogen) atoms. The second-order valence-corrected chi connectivity index (χ2v) is 6.40. The number of aliphatic hydroxyl groups is 1. The van der Waals surface area contributed by atoms with Gasteiger partial charge in [-0.2, -0.15) is 0 Å². The Kier molecular flexibility index (Phi) is 5.94. The molecule has 1 heterocycles. The number of β-amino-alcohol motifs (C(OH)–C–C–N with tert-alkyl or cyclic N) is 1. The van der Waals surface area contributed by atoms with E-state index in [0.29, 0.717) is 25.6 Å². The molecule has 1 aliphatic rings. The molecule has 2 unspecified atom stereocenters. The van der Waals surface area contributed by atoms with E-state index in [1.165, 1.54) is 5.56 Å². The van der Waals surface area contributed by atoms with E-state index < -0.39 is 6.10 Å². The van der Waals surface area contributed by atoms with Gasteiger partial charge in [0.05, 0.1) is 12.1 Å². The minimum atomic E-state index is -0.411. The summed E-state index contributed by atoms with van der Waals surface area (Å²) in [5.41, 5.74) is 2.35. The van der Waals surface area contributed by atoms with Gasteiger partial charge in [-0.3, -0.25) is 9.69 Å². The first-order valence-corrected chi connectivity index (χ1v) is 7.93. The van der Waals surface area contributed by atoms with E-state index in [9.17, 15) is 9.90 Å². The van der Waals surface area contributed by atoms with E-state index in [-0.39, 0.29) is 11.9 Å². The van der Waals surface area contributed by atoms with Crippen molar-refractivity contribution in [3.63, 3.8) is 0 Å². The van der Waals surface area contributed by atoms with Crippen molar-refractivity contribution in [3.8, 4) is 0 Å². The smallest absolute Gasteiger partial charge is 0.237 e. The number of benzene rings is 1. The highest BCUT2D eigenvalue weighted by Gasteiger charge is 2.27. The van der Waals surface area contributed by atoms with Crippen LogP contribution in [0.2, 0.25) is 0 Å². The van der Waals surface area contributed by atoms with Gasteiger partial charge in [-0.05, 0) is 38.4 Å². The lowest BCUT2D eigenvalue weighted by Gasteiger charge is -2.21. The molecular weight excluding hydrogens is 278 g/mol. The lowest BCUT2D eigenvalue weighted by Crippen LogP contribution is -2.40. The summed E-state index contributed by atoms with van der Waals surface area (Å²) in [7, 11) is 2.11. The largest absolute Gasteiger partial charge is 0.392 e. The third-order valence-corrected chi connectivity index (χ3v) is 4.20. The highest BCUT2D eigenvalue weighted by Crippen LogP contribution is 2.10. The van der Waals surface area contributed by atoms with Crippen LogP contribution in [0.25, 0.3) is 0 Å². The fraction of sp³-hybridized carbons (Fsp3) is 0.588. The molecule has 2 atom stereocenters. The Morgan fingerprint density at radius 3 is 2.82 bits per heavy atom. The monoisotopic (exact) mass is 305 g/mol. The van der Waals surface area contributed by atoms with Crippen LogP contribution in [0, 0.1) is 0 Å². The standard InChI is InChI=1S/C17H27N3O2/c1-12(2)20(3)11-14-6-4-5-13(7-14)9-19-17(22)16-8-15(21)10-18-16/h4-7,12,15-16,18,21H,8-11H2,1-3H3,(H,19,22). The van der Waals surface area contributed by atoms with Crippen LogP contribution >= 0.6 is 0 Å². The summed E-state index contributed by atoms with van der Waals surface area (Å²) in [5, 5.41) is 15.4. The van der Waals surface area contributed by atoms with Crippen LogP contribution in [0.1, 0.15) is 31.4 Å². The SMILES string of the molecule is CC(C)N(C)Cc1cccc(CNC(=O)C2CC(O)CN2)c1. The number of hydrogen-bond donors (Lipinski definition) is 3. The van der Waals surface area contributed by atoms with Crippen molar-refractivity contribution in [2.45, 2.75) is 51.5 Å². The third-order valence-electron chi connectivity index (χ3n) is 4.20. The Labute approximate surface area is 132 Å². The molecular formula is C17H27N3O2. The Morgan fingerprint density at radius 2 is 2.18 bits per heavy atom. The van der Waals surface area contributed by atoms with E-state index >= 15 is 0 Å². The Balaban J connectivity index is 1.86. The van der Waals surface area contributed by atoms with Crippen LogP contribution < -0.4 is 10.6 Å². The molecule has 5 heteroatoms. The van der Waals surface area contributed by atoms with Crippen LogP contribution in [0.5, 0.6) is 0 Å². The molecule has 1 fully saturated rings. The Bertz CT molecular complexity index is 504. The van der Waals surface area contributed by atoms with Crippen LogP contribution in [-0.2, 0) is 17.9 Å². The second-order valence-electron chi connectivity index (χ2n) is 6.40. The molecule has 0 aromatic heterocycles. The maximum Gasteiger partial charge on any atom is 0.237 e. The molecule has 1 aromatic rings. The maximum absolute atomic E-state index is 12.0. The molecule has 5 nitrogen and oxygen atoms in total. The summed E-state index contributed by atoms with van der Waals surface area (Å²) < 4.78 is 0. The normalized spacial score (nSPS) is 21.5. The third kappa shape index (κ3) is 4.80. The van der Waals surface area contributed by atoms with Crippen molar-refractivity contribution < 1.29 is 9.90 Å². The highest BCUT2D eigenvalue weighted by atomic mass is 16.3. The lowest BCUT2D eigenvalue weighted by molar-refractivity contribution is -0.123. The predicted octanol–water partition coefficient (Wildman–Crippen LogP) is 0.866. The van der Waals surface area contributed by atoms with Crippen LogP contribution in [0.15, 0.2) is 24.3 Å². The first-order valence-electron chi connectivity index (χ1n) is 7.93. The molecule has 0 bridgehead atoms. The number of hydrogen-bond acceptors (Lipinski definition) is 4. The topological polar surface area (TPSA) is 64.6 Å². The van der Waals surface area contributed by atoms with E-state index in [0.717, 1.165) is 12.1 Å². The van der Waals surface area contributed by atoms with Crippen LogP contribution in [0.3, 0.4) is 0 Å². The second kappa shape index (κ2) is 7.72. The van der Waals surface area contributed by atoms with Gasteiger partial charge in [-0.1, -0.05) is 24.3 Å². The number of rotatable bonds is 6. The first kappa shape index (κ1) is 16.9. The van der Waals surface area contributed by atoms with Gasteiger partial charge in [0.15, 0.2) is 0 Å². The maximum atomic E-state index is 12.0. The molecule has 1 aliphatic heterocycles. The minimum absolute atomic E-state index is 0.0405. The molecule has 1 aromatic carbocycles. The van der Waals surface area contributed by atoms with Gasteiger partial charge in [-0.25, -0.2) is 0 Å². The summed E-state index contributed by atoms with van der Waals surface area (Å²) in [6, 6.07) is 8.53. The minimum Gasteiger partial charge on any atom is -0.392 e. The summed E-state index contributed by atoms with van der Waals surface area (Å²) in [6.07, 6.45) is 0.0797. The molecule has 3 N–H and O–H groups in total. The number of aliphatic hydroxyl groups excluding tert-OH is 1. The number of nitrogens with one attached hydrogen (secondary N) is 2. The molecule has 0 saturated carbocycles. The van der Waals surface area contributed by atoms with Crippen molar-refractivity contribution in [3.05, 3.63) is 35.4 Å². The predicted molar refractivity (Wildman–Crippen MR) is 87.3 cm³/mol. The lowest BCUT2D eigenvalue weighted by atomic mass is 10.1. The molecule has 0 radical (unpaired) electrons. The zero-order valence-corrected chi connectivity index (χ0v) is 13.7. The van der Waals surface area contributed by atoms with Gasteiger partial charge < -0.3 is 15.7 Å². The average molecular weight is 305 g/mol. The Morgan fingerprint density at radius 1 is 1.45 bits per heavy atom. The van der Waals surface area contributed by atoms with Crippen LogP contribution in [-0.4, -0.2) is 47.7 Å². The zero-order chi connectivity index (χ0) is 16.1. The number of amides is 1. The van der Waals surface area contributed by atoms with Gasteiger partial charge in [0.25, 0.3) is 0 Å². The quantitative estimate of drug-likeness (QED) is 0.729. The van der Waals surface area contributed by atoms with E-state index in [1.807, 2.05) is 12.1 Å². The molecule has 122 valence electrons.